The summed E-state index contributed by atoms with van der Waals surface area (Å²) in [5.74, 6) is -7.49. The number of methoxy groups -OCH3 is 1. The number of nitrogens with one attached hydrogen (secondary N) is 2. The summed E-state index contributed by atoms with van der Waals surface area (Å²) in [6, 6.07) is 1.47. The molecule has 1 aromatic carbocycles. The number of aliphatic hydroxyl groups is 1. The van der Waals surface area contributed by atoms with Gasteiger partial charge in [-0.2, -0.15) is 0 Å². The first kappa shape index (κ1) is 22.7. The fraction of sp³-hybridized carbons (Fsp3) is 0.542. The zero-order valence-corrected chi connectivity index (χ0v) is 18.7. The molecule has 3 fully saturated rings. The Labute approximate surface area is 195 Å². The Morgan fingerprint density at radius 2 is 2.03 bits per heavy atom. The van der Waals surface area contributed by atoms with Crippen LogP contribution in [0.1, 0.15) is 53.2 Å². The molecule has 6 N–H and O–H groups in total. The highest BCUT2D eigenvalue weighted by Gasteiger charge is 2.64. The molecule has 10 heteroatoms. The highest BCUT2D eigenvalue weighted by Crippen LogP contribution is 2.52. The third-order valence-electron chi connectivity index (χ3n) is 8.08. The van der Waals surface area contributed by atoms with Crippen molar-refractivity contribution in [2.24, 2.45) is 29.4 Å². The summed E-state index contributed by atoms with van der Waals surface area (Å²) in [5.41, 5.74) is 3.35. The number of phenols is 1. The molecule has 6 unspecified atom stereocenters. The number of carbonyl (C=O) groups excluding carboxylic acids is 4. The SMILES string of the molecule is COc1c(C2CCCN2)cc(O)c2c1CC1CC3CC(=O)C(C(N)=O)C(=N)C3(O)C(=O)C1C2=O. The van der Waals surface area contributed by atoms with E-state index < -0.39 is 58.2 Å². The van der Waals surface area contributed by atoms with Crippen LogP contribution >= 0.6 is 0 Å². The van der Waals surface area contributed by atoms with E-state index in [2.05, 4.69) is 5.32 Å². The highest BCUT2D eigenvalue weighted by molar-refractivity contribution is 6.32. The zero-order chi connectivity index (χ0) is 24.5. The Kier molecular flexibility index (Phi) is 5.14. The average molecular weight is 469 g/mol. The lowest BCUT2D eigenvalue weighted by Gasteiger charge is -2.50. The van der Waals surface area contributed by atoms with Crippen LogP contribution in [0.3, 0.4) is 0 Å². The van der Waals surface area contributed by atoms with Crippen molar-refractivity contribution in [2.75, 3.05) is 13.7 Å². The molecule has 6 atom stereocenters. The molecule has 1 amide bonds. The lowest BCUT2D eigenvalue weighted by Crippen LogP contribution is -2.68. The lowest BCUT2D eigenvalue weighted by molar-refractivity contribution is -0.151. The molecule has 180 valence electrons. The van der Waals surface area contributed by atoms with Crippen molar-refractivity contribution in [3.63, 3.8) is 0 Å². The fourth-order valence-electron chi connectivity index (χ4n) is 6.55. The number of Topliss-reactive ketones (excluding diaryl/α,β-unsaturated/α-hetero) is 3. The van der Waals surface area contributed by atoms with Crippen LogP contribution in [0.4, 0.5) is 0 Å². The quantitative estimate of drug-likeness (QED) is 0.390. The topological polar surface area (TPSA) is 180 Å². The Bertz CT molecular complexity index is 1160. The van der Waals surface area contributed by atoms with Crippen molar-refractivity contribution < 1.29 is 34.1 Å². The molecule has 0 spiro atoms. The number of nitrogens with two attached hydrogens (primary N) is 1. The van der Waals surface area contributed by atoms with Crippen LogP contribution in [0, 0.1) is 29.1 Å². The molecule has 1 aromatic rings. The maximum absolute atomic E-state index is 13.6. The van der Waals surface area contributed by atoms with Crippen molar-refractivity contribution in [3.8, 4) is 11.5 Å². The van der Waals surface area contributed by atoms with Gasteiger partial charge in [0.05, 0.1) is 24.3 Å². The summed E-state index contributed by atoms with van der Waals surface area (Å²) >= 11 is 0. The molecule has 2 saturated carbocycles. The first-order valence-electron chi connectivity index (χ1n) is 11.5. The molecule has 1 aliphatic heterocycles. The third-order valence-corrected chi connectivity index (χ3v) is 8.08. The van der Waals surface area contributed by atoms with Crippen LogP contribution in [0.25, 0.3) is 0 Å². The molecule has 10 nitrogen and oxygen atoms in total. The number of phenolic OH excluding ortho intramolecular Hbond substituents is 1. The smallest absolute Gasteiger partial charge is 0.233 e. The van der Waals surface area contributed by atoms with E-state index in [-0.39, 0.29) is 36.6 Å². The summed E-state index contributed by atoms with van der Waals surface area (Å²) in [6.07, 6.45) is 1.91. The maximum Gasteiger partial charge on any atom is 0.233 e. The Balaban J connectivity index is 1.60. The minimum absolute atomic E-state index is 0.0138. The van der Waals surface area contributed by atoms with Gasteiger partial charge in [-0.15, -0.1) is 0 Å². The number of primary amides is 1. The van der Waals surface area contributed by atoms with E-state index in [1.807, 2.05) is 0 Å². The number of ether oxygens (including phenoxy) is 1. The lowest BCUT2D eigenvalue weighted by atomic mass is 9.53. The van der Waals surface area contributed by atoms with E-state index in [1.54, 1.807) is 0 Å². The van der Waals surface area contributed by atoms with E-state index in [1.165, 1.54) is 13.2 Å². The summed E-state index contributed by atoms with van der Waals surface area (Å²) in [6.45, 7) is 0.830. The van der Waals surface area contributed by atoms with Gasteiger partial charge in [-0.1, -0.05) is 0 Å². The maximum atomic E-state index is 13.6. The van der Waals surface area contributed by atoms with Crippen LogP contribution in [0.15, 0.2) is 6.07 Å². The molecule has 5 rings (SSSR count). The average Bonchev–Trinajstić information content (AvgIpc) is 3.30. The number of aromatic hydroxyl groups is 1. The molecule has 3 aliphatic carbocycles. The predicted octanol–water partition coefficient (Wildman–Crippen LogP) is 0.211. The van der Waals surface area contributed by atoms with Crippen LogP contribution in [-0.2, 0) is 20.8 Å². The molecular formula is C24H27N3O7. The molecule has 0 aromatic heterocycles. The van der Waals surface area contributed by atoms with Gasteiger partial charge >= 0.3 is 0 Å². The number of fused-ring (bicyclic) bond motifs is 3. The van der Waals surface area contributed by atoms with Crippen molar-refractivity contribution in [1.29, 1.82) is 5.41 Å². The number of ketones is 3. The standard InChI is InChI=1S/C24H27N3O7/c1-34-20-11(13-3-2-4-27-13)8-15(29)17-12(20)6-9-5-10-7-14(28)18(23(26)32)21(25)24(10,33)22(31)16(9)19(17)30/h8-10,13,16,18,25,27,29,33H,2-7H2,1H3,(H2,26,32). The van der Waals surface area contributed by atoms with Gasteiger partial charge in [0.1, 0.15) is 17.4 Å². The van der Waals surface area contributed by atoms with Crippen molar-refractivity contribution in [1.82, 2.24) is 5.32 Å². The minimum Gasteiger partial charge on any atom is -0.507 e. The van der Waals surface area contributed by atoms with E-state index in [9.17, 15) is 29.4 Å². The molecular weight excluding hydrogens is 442 g/mol. The van der Waals surface area contributed by atoms with Gasteiger partial charge in [-0.3, -0.25) is 19.2 Å². The summed E-state index contributed by atoms with van der Waals surface area (Å²) < 4.78 is 5.69. The number of rotatable bonds is 3. The number of amides is 1. The fourth-order valence-corrected chi connectivity index (χ4v) is 6.55. The van der Waals surface area contributed by atoms with Crippen molar-refractivity contribution in [2.45, 2.75) is 43.7 Å². The number of hydrogen-bond acceptors (Lipinski definition) is 9. The van der Waals surface area contributed by atoms with E-state index >= 15 is 0 Å². The Morgan fingerprint density at radius 3 is 2.65 bits per heavy atom. The minimum atomic E-state index is -2.42. The second-order valence-electron chi connectivity index (χ2n) is 9.81. The van der Waals surface area contributed by atoms with Gasteiger partial charge in [-0.05, 0) is 44.2 Å². The van der Waals surface area contributed by atoms with Gasteiger partial charge in [0.2, 0.25) is 5.91 Å². The first-order chi connectivity index (χ1) is 16.1. The summed E-state index contributed by atoms with van der Waals surface area (Å²) in [4.78, 5) is 51.5. The van der Waals surface area contributed by atoms with Gasteiger partial charge in [0.15, 0.2) is 23.0 Å². The van der Waals surface area contributed by atoms with E-state index in [0.717, 1.165) is 24.9 Å². The highest BCUT2D eigenvalue weighted by atomic mass is 16.5. The monoisotopic (exact) mass is 469 g/mol. The summed E-state index contributed by atoms with van der Waals surface area (Å²) in [5, 5.41) is 33.9. The third kappa shape index (κ3) is 2.91. The molecule has 1 saturated heterocycles. The van der Waals surface area contributed by atoms with Crippen molar-refractivity contribution >= 4 is 29.0 Å². The summed E-state index contributed by atoms with van der Waals surface area (Å²) in [7, 11) is 1.50. The zero-order valence-electron chi connectivity index (χ0n) is 18.7. The van der Waals surface area contributed by atoms with Gasteiger partial charge in [0, 0.05) is 29.5 Å². The molecule has 0 bridgehead atoms. The van der Waals surface area contributed by atoms with Gasteiger partial charge in [-0.25, -0.2) is 0 Å². The number of carbonyl (C=O) groups is 4. The van der Waals surface area contributed by atoms with Crippen LogP contribution in [0.2, 0.25) is 0 Å². The van der Waals surface area contributed by atoms with Gasteiger partial charge < -0.3 is 31.4 Å². The second-order valence-corrected chi connectivity index (χ2v) is 9.81. The second kappa shape index (κ2) is 7.71. The van der Waals surface area contributed by atoms with Crippen LogP contribution in [0.5, 0.6) is 11.5 Å². The van der Waals surface area contributed by atoms with E-state index in [4.69, 9.17) is 15.9 Å². The Morgan fingerprint density at radius 1 is 1.29 bits per heavy atom. The van der Waals surface area contributed by atoms with Crippen molar-refractivity contribution in [3.05, 3.63) is 22.8 Å². The number of benzene rings is 1. The van der Waals surface area contributed by atoms with Crippen LogP contribution < -0.4 is 15.8 Å². The van der Waals surface area contributed by atoms with Gasteiger partial charge in [0.25, 0.3) is 0 Å². The normalized spacial score (nSPS) is 34.9. The molecule has 4 aliphatic rings. The molecule has 0 radical (unpaired) electrons. The Hall–Kier alpha value is -3.11. The molecule has 34 heavy (non-hydrogen) atoms. The van der Waals surface area contributed by atoms with Crippen LogP contribution in [-0.4, -0.2) is 58.4 Å². The molecule has 1 heterocycles. The first-order valence-corrected chi connectivity index (χ1v) is 11.5. The predicted molar refractivity (Wildman–Crippen MR) is 118 cm³/mol. The van der Waals surface area contributed by atoms with E-state index in [0.29, 0.717) is 11.3 Å². The number of hydrogen-bond donors (Lipinski definition) is 5. The largest absolute Gasteiger partial charge is 0.507 e.